The Morgan fingerprint density at radius 2 is 1.81 bits per heavy atom. The molecule has 0 aliphatic rings. The van der Waals surface area contributed by atoms with Crippen molar-refractivity contribution >= 4 is 11.0 Å². The monoisotopic (exact) mass is 284 g/mol. The second-order valence-corrected chi connectivity index (χ2v) is 4.58. The fourth-order valence-corrected chi connectivity index (χ4v) is 2.33. The summed E-state index contributed by atoms with van der Waals surface area (Å²) in [5, 5.41) is 0. The summed E-state index contributed by atoms with van der Waals surface area (Å²) in [7, 11) is 1.61. The molecule has 0 spiro atoms. The van der Waals surface area contributed by atoms with E-state index in [0.717, 1.165) is 28.2 Å². The van der Waals surface area contributed by atoms with Crippen LogP contribution in [0.1, 0.15) is 6.92 Å². The van der Waals surface area contributed by atoms with E-state index in [2.05, 4.69) is 4.98 Å². The molecule has 1 N–H and O–H groups in total. The summed E-state index contributed by atoms with van der Waals surface area (Å²) < 4.78 is 12.3. The van der Waals surface area contributed by atoms with Gasteiger partial charge < -0.3 is 14.5 Å². The molecule has 2 aromatic carbocycles. The van der Waals surface area contributed by atoms with E-state index in [1.807, 2.05) is 49.4 Å². The molecule has 5 nitrogen and oxygen atoms in total. The molecule has 0 radical (unpaired) electrons. The summed E-state index contributed by atoms with van der Waals surface area (Å²) in [6.07, 6.45) is 0. The number of benzene rings is 2. The van der Waals surface area contributed by atoms with E-state index in [1.165, 1.54) is 0 Å². The van der Waals surface area contributed by atoms with Crippen LogP contribution in [0, 0.1) is 0 Å². The average molecular weight is 284 g/mol. The Morgan fingerprint density at radius 1 is 1.10 bits per heavy atom. The van der Waals surface area contributed by atoms with Gasteiger partial charge in [-0.05, 0) is 43.3 Å². The number of nitrogens with zero attached hydrogens (tertiary/aromatic N) is 1. The Balaban J connectivity index is 2.17. The minimum absolute atomic E-state index is 0.177. The van der Waals surface area contributed by atoms with Gasteiger partial charge in [-0.25, -0.2) is 4.79 Å². The van der Waals surface area contributed by atoms with Crippen LogP contribution in [0.15, 0.2) is 47.3 Å². The number of methoxy groups -OCH3 is 1. The molecule has 0 amide bonds. The van der Waals surface area contributed by atoms with Crippen molar-refractivity contribution < 1.29 is 9.47 Å². The number of aromatic amines is 1. The van der Waals surface area contributed by atoms with E-state index in [-0.39, 0.29) is 5.69 Å². The van der Waals surface area contributed by atoms with E-state index in [4.69, 9.17) is 9.47 Å². The van der Waals surface area contributed by atoms with Crippen molar-refractivity contribution in [3.05, 3.63) is 52.9 Å². The number of hydrogen-bond acceptors (Lipinski definition) is 3. The minimum Gasteiger partial charge on any atom is -0.497 e. The van der Waals surface area contributed by atoms with Crippen LogP contribution < -0.4 is 15.2 Å². The Labute approximate surface area is 121 Å². The molecule has 0 saturated heterocycles. The number of nitrogens with one attached hydrogen (secondary N) is 1. The van der Waals surface area contributed by atoms with Gasteiger partial charge in [0, 0.05) is 6.07 Å². The van der Waals surface area contributed by atoms with Gasteiger partial charge in [-0.3, -0.25) is 4.57 Å². The van der Waals surface area contributed by atoms with Crippen LogP contribution in [-0.2, 0) is 0 Å². The second kappa shape index (κ2) is 5.36. The first-order valence-electron chi connectivity index (χ1n) is 6.75. The number of fused-ring (bicyclic) bond motifs is 1. The predicted octanol–water partition coefficient (Wildman–Crippen LogP) is 2.73. The normalized spacial score (nSPS) is 10.8. The molecule has 5 heteroatoms. The van der Waals surface area contributed by atoms with Crippen LogP contribution in [0.25, 0.3) is 16.7 Å². The zero-order chi connectivity index (χ0) is 14.8. The zero-order valence-electron chi connectivity index (χ0n) is 11.9. The first-order valence-corrected chi connectivity index (χ1v) is 6.75. The van der Waals surface area contributed by atoms with Gasteiger partial charge in [0.1, 0.15) is 11.5 Å². The lowest BCUT2D eigenvalue weighted by atomic mass is 10.2. The minimum atomic E-state index is -0.177. The molecular weight excluding hydrogens is 268 g/mol. The van der Waals surface area contributed by atoms with Crippen LogP contribution in [0.2, 0.25) is 0 Å². The number of H-pyrrole nitrogens is 1. The molecule has 21 heavy (non-hydrogen) atoms. The first kappa shape index (κ1) is 13.3. The van der Waals surface area contributed by atoms with Crippen LogP contribution in [0.3, 0.4) is 0 Å². The van der Waals surface area contributed by atoms with Crippen molar-refractivity contribution in [1.82, 2.24) is 9.55 Å². The quantitative estimate of drug-likeness (QED) is 0.801. The third-order valence-corrected chi connectivity index (χ3v) is 3.30. The Morgan fingerprint density at radius 3 is 2.48 bits per heavy atom. The number of imidazole rings is 1. The summed E-state index contributed by atoms with van der Waals surface area (Å²) in [4.78, 5) is 15.0. The van der Waals surface area contributed by atoms with Crippen molar-refractivity contribution in [2.45, 2.75) is 6.92 Å². The number of ether oxygens (including phenoxy) is 2. The SMILES string of the molecule is CCOc1ccc2[nH]c(=O)n(-c3ccc(OC)cc3)c2c1. The van der Waals surface area contributed by atoms with Gasteiger partial charge >= 0.3 is 5.69 Å². The van der Waals surface area contributed by atoms with Crippen molar-refractivity contribution in [1.29, 1.82) is 0 Å². The summed E-state index contributed by atoms with van der Waals surface area (Å²) in [6.45, 7) is 2.51. The Hall–Kier alpha value is -2.69. The standard InChI is InChI=1S/C16H16N2O3/c1-3-21-13-8-9-14-15(10-13)18(16(19)17-14)11-4-6-12(20-2)7-5-11/h4-10H,3H2,1-2H3,(H,17,19). The van der Waals surface area contributed by atoms with Gasteiger partial charge in [-0.15, -0.1) is 0 Å². The molecule has 0 saturated carbocycles. The van der Waals surface area contributed by atoms with Gasteiger partial charge in [0.05, 0.1) is 30.4 Å². The number of aromatic nitrogens is 2. The van der Waals surface area contributed by atoms with E-state index >= 15 is 0 Å². The lowest BCUT2D eigenvalue weighted by Gasteiger charge is -2.07. The second-order valence-electron chi connectivity index (χ2n) is 4.58. The van der Waals surface area contributed by atoms with Gasteiger partial charge in [-0.1, -0.05) is 0 Å². The molecule has 0 aliphatic carbocycles. The van der Waals surface area contributed by atoms with Gasteiger partial charge in [0.25, 0.3) is 0 Å². The smallest absolute Gasteiger partial charge is 0.331 e. The lowest BCUT2D eigenvalue weighted by molar-refractivity contribution is 0.340. The van der Waals surface area contributed by atoms with Crippen molar-refractivity contribution in [3.8, 4) is 17.2 Å². The van der Waals surface area contributed by atoms with Crippen LogP contribution in [0.4, 0.5) is 0 Å². The van der Waals surface area contributed by atoms with E-state index in [0.29, 0.717) is 6.61 Å². The average Bonchev–Trinajstić information content (AvgIpc) is 2.83. The summed E-state index contributed by atoms with van der Waals surface area (Å²) in [5.41, 5.74) is 2.17. The van der Waals surface area contributed by atoms with E-state index in [9.17, 15) is 4.79 Å². The molecule has 0 aliphatic heterocycles. The maximum Gasteiger partial charge on any atom is 0.331 e. The third-order valence-electron chi connectivity index (χ3n) is 3.30. The summed E-state index contributed by atoms with van der Waals surface area (Å²) in [5.74, 6) is 1.49. The topological polar surface area (TPSA) is 56.2 Å². The molecule has 0 bridgehead atoms. The fourth-order valence-electron chi connectivity index (χ4n) is 2.33. The van der Waals surface area contributed by atoms with Crippen LogP contribution >= 0.6 is 0 Å². The molecule has 1 heterocycles. The van der Waals surface area contributed by atoms with E-state index < -0.39 is 0 Å². The number of hydrogen-bond donors (Lipinski definition) is 1. The predicted molar refractivity (Wildman–Crippen MR) is 81.6 cm³/mol. The highest BCUT2D eigenvalue weighted by Gasteiger charge is 2.10. The van der Waals surface area contributed by atoms with Crippen molar-refractivity contribution in [2.24, 2.45) is 0 Å². The maximum absolute atomic E-state index is 12.2. The first-order chi connectivity index (χ1) is 10.2. The Kier molecular flexibility index (Phi) is 3.39. The summed E-state index contributed by atoms with van der Waals surface area (Å²) >= 11 is 0. The van der Waals surface area contributed by atoms with Crippen LogP contribution in [-0.4, -0.2) is 23.3 Å². The molecule has 0 atom stereocenters. The Bertz CT molecular complexity index is 816. The molecule has 108 valence electrons. The fraction of sp³-hybridized carbons (Fsp3) is 0.188. The molecule has 0 fully saturated rings. The van der Waals surface area contributed by atoms with Crippen molar-refractivity contribution in [3.63, 3.8) is 0 Å². The van der Waals surface area contributed by atoms with E-state index in [1.54, 1.807) is 11.7 Å². The zero-order valence-corrected chi connectivity index (χ0v) is 11.9. The van der Waals surface area contributed by atoms with Gasteiger partial charge in [0.2, 0.25) is 0 Å². The lowest BCUT2D eigenvalue weighted by Crippen LogP contribution is -2.14. The third kappa shape index (κ3) is 2.38. The molecule has 1 aromatic heterocycles. The highest BCUT2D eigenvalue weighted by atomic mass is 16.5. The van der Waals surface area contributed by atoms with Crippen LogP contribution in [0.5, 0.6) is 11.5 Å². The largest absolute Gasteiger partial charge is 0.497 e. The van der Waals surface area contributed by atoms with Gasteiger partial charge in [-0.2, -0.15) is 0 Å². The molecule has 3 rings (SSSR count). The summed E-state index contributed by atoms with van der Waals surface area (Å²) in [6, 6.07) is 12.9. The van der Waals surface area contributed by atoms with Gasteiger partial charge in [0.15, 0.2) is 0 Å². The molecule has 3 aromatic rings. The highest BCUT2D eigenvalue weighted by molar-refractivity contribution is 5.79. The number of rotatable bonds is 4. The molecular formula is C16H16N2O3. The maximum atomic E-state index is 12.2. The van der Waals surface area contributed by atoms with Crippen molar-refractivity contribution in [2.75, 3.05) is 13.7 Å². The molecule has 0 unspecified atom stereocenters. The highest BCUT2D eigenvalue weighted by Crippen LogP contribution is 2.22.